The smallest absolute Gasteiger partial charge is 0.0518 e. The van der Waals surface area contributed by atoms with Crippen LogP contribution in [-0.4, -0.2) is 11.1 Å². The van der Waals surface area contributed by atoms with E-state index in [0.29, 0.717) is 0 Å². The van der Waals surface area contributed by atoms with Gasteiger partial charge in [-0.15, -0.1) is 0 Å². The molecule has 0 N–H and O–H groups in total. The number of anilines is 4. The molecule has 15 rings (SSSR count). The minimum atomic E-state index is -0.0404. The molecule has 4 unspecified atom stereocenters. The first-order valence-corrected chi connectivity index (χ1v) is 31.2. The van der Waals surface area contributed by atoms with Gasteiger partial charge in [0.1, 0.15) is 0 Å². The number of benzene rings is 11. The molecule has 2 saturated carbocycles. The Morgan fingerprint density at radius 1 is 0.298 bits per heavy atom. The second kappa shape index (κ2) is 19.6. The summed E-state index contributed by atoms with van der Waals surface area (Å²) < 4.78 is 0. The van der Waals surface area contributed by atoms with Gasteiger partial charge in [0.2, 0.25) is 0 Å². The lowest BCUT2D eigenvalue weighted by molar-refractivity contribution is 0.194. The third kappa shape index (κ3) is 7.61. The summed E-state index contributed by atoms with van der Waals surface area (Å²) in [6, 6.07) is 83.1. The fourth-order valence-electron chi connectivity index (χ4n) is 17.4. The first-order chi connectivity index (χ1) is 40.8. The second-order valence-electron chi connectivity index (χ2n) is 26.3. The van der Waals surface area contributed by atoms with Crippen molar-refractivity contribution in [1.82, 2.24) is 0 Å². The van der Waals surface area contributed by atoms with Crippen LogP contribution in [0.15, 0.2) is 218 Å². The summed E-state index contributed by atoms with van der Waals surface area (Å²) in [5.74, 6) is 0. The van der Waals surface area contributed by atoms with Crippen molar-refractivity contribution in [3.8, 4) is 66.8 Å². The van der Waals surface area contributed by atoms with E-state index < -0.39 is 0 Å². The monoisotopic (exact) mass is 1090 g/mol. The van der Waals surface area contributed by atoms with Crippen molar-refractivity contribution in [2.24, 2.45) is 0 Å². The van der Waals surface area contributed by atoms with Crippen LogP contribution in [0.4, 0.5) is 22.7 Å². The van der Waals surface area contributed by atoms with E-state index in [1.165, 1.54) is 190 Å². The predicted molar refractivity (Wildman–Crippen MR) is 359 cm³/mol. The fraction of sp³-hybridized carbons (Fsp3) is 0.244. The lowest BCUT2D eigenvalue weighted by Gasteiger charge is -2.50. The predicted octanol–water partition coefficient (Wildman–Crippen LogP) is 22.7. The largest absolute Gasteiger partial charge is 0.334 e. The minimum Gasteiger partial charge on any atom is -0.334 e. The minimum absolute atomic E-state index is 0.0134. The first kappa shape index (κ1) is 52.4. The normalized spacial score (nSPS) is 21.6. The van der Waals surface area contributed by atoms with Crippen LogP contribution >= 0.6 is 0 Å². The summed E-state index contributed by atoms with van der Waals surface area (Å²) in [4.78, 5) is 5.52. The van der Waals surface area contributed by atoms with E-state index in [9.17, 15) is 0 Å². The zero-order valence-electron chi connectivity index (χ0n) is 50.3. The van der Waals surface area contributed by atoms with Crippen molar-refractivity contribution >= 4 is 44.3 Å². The van der Waals surface area contributed by atoms with Crippen molar-refractivity contribution in [3.05, 3.63) is 252 Å². The van der Waals surface area contributed by atoms with E-state index in [0.717, 1.165) is 0 Å². The molecule has 4 atom stereocenters. The number of hydrogen-bond donors (Lipinski definition) is 0. The molecule has 0 amide bonds. The molecular formula is C82H76N2. The molecule has 0 bridgehead atoms. The summed E-state index contributed by atoms with van der Waals surface area (Å²) in [5, 5.41) is 5.06. The molecule has 84 heavy (non-hydrogen) atoms. The van der Waals surface area contributed by atoms with Crippen molar-refractivity contribution in [3.63, 3.8) is 0 Å². The van der Waals surface area contributed by atoms with Gasteiger partial charge in [-0.05, 0) is 231 Å². The molecule has 0 radical (unpaired) electrons. The Labute approximate surface area is 498 Å². The van der Waals surface area contributed by atoms with Crippen molar-refractivity contribution in [2.45, 2.75) is 129 Å². The molecule has 2 fully saturated rings. The number of rotatable bonds is 8. The zero-order valence-corrected chi connectivity index (χ0v) is 50.3. The van der Waals surface area contributed by atoms with E-state index >= 15 is 0 Å². The van der Waals surface area contributed by atoms with Gasteiger partial charge in [0.05, 0.1) is 11.1 Å². The first-order valence-electron chi connectivity index (χ1n) is 31.2. The Balaban J connectivity index is 0.993. The summed E-state index contributed by atoms with van der Waals surface area (Å²) in [7, 11) is 0. The fourth-order valence-corrected chi connectivity index (χ4v) is 17.4. The van der Waals surface area contributed by atoms with Gasteiger partial charge < -0.3 is 9.80 Å². The molecule has 0 spiro atoms. The van der Waals surface area contributed by atoms with Gasteiger partial charge in [-0.2, -0.15) is 0 Å². The van der Waals surface area contributed by atoms with E-state index in [-0.39, 0.29) is 21.9 Å². The standard InChI is InChI=1S/C82H76N2/c1-53-49-70(56(4)78-75(53)79(5)45-21-23-47-81(79,7)84(78)66-31-19-12-20-32-66)64-42-44-68-72(52-64)74(62-39-35-60(36-40-62)58-27-15-10-16-28-58)67-43-41-63(51-71(67)73(68)61-37-33-59(34-38-61)57-25-13-9-14-26-57)69-50-54(2)77-76(55(69)3)80(6)46-22-24-48-82(80,8)83(77)65-29-17-11-18-30-65/h9-20,25-44,49-52H,21-24,45-48H2,1-8H3. The Morgan fingerprint density at radius 3 is 1.12 bits per heavy atom. The summed E-state index contributed by atoms with van der Waals surface area (Å²) in [6.45, 7) is 19.9. The molecule has 11 aromatic carbocycles. The van der Waals surface area contributed by atoms with Crippen LogP contribution in [0.25, 0.3) is 88.3 Å². The Morgan fingerprint density at radius 2 is 0.655 bits per heavy atom. The van der Waals surface area contributed by atoms with Gasteiger partial charge in [-0.25, -0.2) is 0 Å². The maximum absolute atomic E-state index is 2.77. The van der Waals surface area contributed by atoms with Crippen molar-refractivity contribution in [1.29, 1.82) is 0 Å². The Bertz CT molecular complexity index is 4390. The van der Waals surface area contributed by atoms with E-state index in [1.807, 2.05) is 0 Å². The Kier molecular flexibility index (Phi) is 12.2. The van der Waals surface area contributed by atoms with Crippen LogP contribution in [-0.2, 0) is 10.8 Å². The summed E-state index contributed by atoms with van der Waals surface area (Å²) >= 11 is 0. The SMILES string of the molecule is Cc1cc(-c2ccc3c(-c4ccc(-c5ccccc5)cc4)c4cc(-c5cc(C)c6c(c5C)N(c5ccccc5)C5(C)CCCCC65C)ccc4c(-c4ccc(-c5ccccc5)cc4)c3c2)c(C)c2c1N(c1ccccc1)C1(C)CCCCC21C. The molecular weight excluding hydrogens is 1010 g/mol. The average Bonchev–Trinajstić information content (AvgIpc) is 2.33. The van der Waals surface area contributed by atoms with Gasteiger partial charge in [-0.1, -0.05) is 215 Å². The summed E-state index contributed by atoms with van der Waals surface area (Å²) in [6.07, 6.45) is 9.73. The van der Waals surface area contributed by atoms with Crippen LogP contribution in [0.1, 0.15) is 112 Å². The molecule has 2 heteroatoms. The van der Waals surface area contributed by atoms with E-state index in [2.05, 4.69) is 284 Å². The van der Waals surface area contributed by atoms with Crippen molar-refractivity contribution < 1.29 is 0 Å². The topological polar surface area (TPSA) is 6.48 Å². The van der Waals surface area contributed by atoms with Crippen molar-refractivity contribution in [2.75, 3.05) is 9.80 Å². The molecule has 2 aliphatic heterocycles. The molecule has 414 valence electrons. The molecule has 2 heterocycles. The van der Waals surface area contributed by atoms with Gasteiger partial charge in [0.25, 0.3) is 0 Å². The molecule has 11 aromatic rings. The van der Waals surface area contributed by atoms with Gasteiger partial charge in [-0.3, -0.25) is 0 Å². The molecule has 4 aliphatic rings. The lowest BCUT2D eigenvalue weighted by atomic mass is 9.60. The molecule has 2 aliphatic carbocycles. The number of hydrogen-bond acceptors (Lipinski definition) is 2. The van der Waals surface area contributed by atoms with Gasteiger partial charge >= 0.3 is 0 Å². The number of nitrogens with zero attached hydrogens (tertiary/aromatic N) is 2. The highest BCUT2D eigenvalue weighted by Gasteiger charge is 2.60. The van der Waals surface area contributed by atoms with Gasteiger partial charge in [0, 0.05) is 33.6 Å². The van der Waals surface area contributed by atoms with Gasteiger partial charge in [0.15, 0.2) is 0 Å². The van der Waals surface area contributed by atoms with Crippen LogP contribution in [0.2, 0.25) is 0 Å². The third-order valence-electron chi connectivity index (χ3n) is 21.9. The van der Waals surface area contributed by atoms with E-state index in [1.54, 1.807) is 5.56 Å². The Hall–Kier alpha value is -8.46. The van der Waals surface area contributed by atoms with Crippen LogP contribution in [0, 0.1) is 27.7 Å². The highest BCUT2D eigenvalue weighted by Crippen LogP contribution is 2.65. The quantitative estimate of drug-likeness (QED) is 0.140. The maximum atomic E-state index is 2.77. The highest BCUT2D eigenvalue weighted by molar-refractivity contribution is 6.23. The summed E-state index contributed by atoms with van der Waals surface area (Å²) in [5.41, 5.74) is 29.0. The lowest BCUT2D eigenvalue weighted by Crippen LogP contribution is -2.54. The molecule has 0 aromatic heterocycles. The average molecular weight is 1090 g/mol. The van der Waals surface area contributed by atoms with Crippen LogP contribution < -0.4 is 9.80 Å². The highest BCUT2D eigenvalue weighted by atomic mass is 15.3. The zero-order chi connectivity index (χ0) is 57.3. The second-order valence-corrected chi connectivity index (χ2v) is 26.3. The van der Waals surface area contributed by atoms with Crippen LogP contribution in [0.3, 0.4) is 0 Å². The molecule has 0 saturated heterocycles. The van der Waals surface area contributed by atoms with E-state index in [4.69, 9.17) is 0 Å². The number of fused-ring (bicyclic) bond motifs is 8. The number of para-hydroxylation sites is 2. The van der Waals surface area contributed by atoms with Crippen LogP contribution in [0.5, 0.6) is 0 Å². The number of aryl methyl sites for hydroxylation is 2. The third-order valence-corrected chi connectivity index (χ3v) is 21.9. The molecule has 2 nitrogen and oxygen atoms in total. The maximum Gasteiger partial charge on any atom is 0.0518 e.